The maximum Gasteiger partial charge on any atom is 0.261 e. The molecule has 114 valence electrons. The number of anilines is 1. The third-order valence-corrected chi connectivity index (χ3v) is 3.45. The van der Waals surface area contributed by atoms with Crippen molar-refractivity contribution in [1.82, 2.24) is 5.32 Å². The van der Waals surface area contributed by atoms with Gasteiger partial charge in [-0.05, 0) is 55.0 Å². The molecule has 0 bridgehead atoms. The topological polar surface area (TPSA) is 50.4 Å². The summed E-state index contributed by atoms with van der Waals surface area (Å²) in [6, 6.07) is 12.4. The summed E-state index contributed by atoms with van der Waals surface area (Å²) in [6.07, 6.45) is 0. The Morgan fingerprint density at radius 2 is 1.86 bits per heavy atom. The van der Waals surface area contributed by atoms with Crippen molar-refractivity contribution < 1.29 is 9.53 Å². The number of carbonyl (C=O) groups is 1. The molecular formula is C16H15ClN2O2S. The number of hydrogen-bond acceptors (Lipinski definition) is 3. The summed E-state index contributed by atoms with van der Waals surface area (Å²) in [5.74, 6) is 0.210. The minimum atomic E-state index is -0.327. The molecule has 0 aliphatic heterocycles. The summed E-state index contributed by atoms with van der Waals surface area (Å²) in [5, 5.41) is 6.39. The Balaban J connectivity index is 2.07. The third-order valence-electron chi connectivity index (χ3n) is 2.99. The number of thiocarbonyl (C=S) groups is 1. The van der Waals surface area contributed by atoms with Crippen LogP contribution in [-0.2, 0) is 0 Å². The molecule has 0 radical (unpaired) electrons. The summed E-state index contributed by atoms with van der Waals surface area (Å²) in [6.45, 7) is 1.87. The van der Waals surface area contributed by atoms with Gasteiger partial charge in [-0.2, -0.15) is 0 Å². The lowest BCUT2D eigenvalue weighted by Crippen LogP contribution is -2.34. The number of para-hydroxylation sites is 1. The molecule has 1 amide bonds. The normalized spacial score (nSPS) is 9.95. The number of amides is 1. The standard InChI is InChI=1S/C16H15ClN2O2S/c1-10-4-3-5-13(14(10)21-2)15(20)19-16(22)18-12-8-6-11(17)7-9-12/h3-9H,1-2H3,(H2,18,19,20,22). The molecule has 2 aromatic carbocycles. The molecule has 0 spiro atoms. The fourth-order valence-corrected chi connectivity index (χ4v) is 2.30. The molecule has 0 aliphatic rings. The Labute approximate surface area is 139 Å². The van der Waals surface area contributed by atoms with E-state index in [1.54, 1.807) is 36.4 Å². The summed E-state index contributed by atoms with van der Waals surface area (Å²) in [5.41, 5.74) is 2.06. The van der Waals surface area contributed by atoms with Crippen molar-refractivity contribution in [3.63, 3.8) is 0 Å². The van der Waals surface area contributed by atoms with Crippen LogP contribution >= 0.6 is 23.8 Å². The van der Waals surface area contributed by atoms with E-state index in [0.29, 0.717) is 16.3 Å². The van der Waals surface area contributed by atoms with Crippen LogP contribution in [-0.4, -0.2) is 18.1 Å². The monoisotopic (exact) mass is 334 g/mol. The molecule has 6 heteroatoms. The third kappa shape index (κ3) is 3.96. The van der Waals surface area contributed by atoms with E-state index < -0.39 is 0 Å². The highest BCUT2D eigenvalue weighted by atomic mass is 35.5. The van der Waals surface area contributed by atoms with Gasteiger partial charge in [0.2, 0.25) is 0 Å². The maximum atomic E-state index is 12.3. The molecule has 22 heavy (non-hydrogen) atoms. The average Bonchev–Trinajstić information content (AvgIpc) is 2.49. The fraction of sp³-hybridized carbons (Fsp3) is 0.125. The van der Waals surface area contributed by atoms with Crippen molar-refractivity contribution in [3.05, 3.63) is 58.6 Å². The van der Waals surface area contributed by atoms with Gasteiger partial charge < -0.3 is 10.1 Å². The lowest BCUT2D eigenvalue weighted by atomic mass is 10.1. The highest BCUT2D eigenvalue weighted by Crippen LogP contribution is 2.22. The molecule has 0 atom stereocenters. The molecule has 0 saturated carbocycles. The summed E-state index contributed by atoms with van der Waals surface area (Å²) >= 11 is 11.0. The Morgan fingerprint density at radius 3 is 2.50 bits per heavy atom. The molecule has 0 heterocycles. The number of methoxy groups -OCH3 is 1. The predicted octanol–water partition coefficient (Wildman–Crippen LogP) is 3.78. The van der Waals surface area contributed by atoms with E-state index in [1.807, 2.05) is 13.0 Å². The van der Waals surface area contributed by atoms with Gasteiger partial charge in [0, 0.05) is 10.7 Å². The largest absolute Gasteiger partial charge is 0.496 e. The van der Waals surface area contributed by atoms with Crippen LogP contribution in [0.1, 0.15) is 15.9 Å². The highest BCUT2D eigenvalue weighted by Gasteiger charge is 2.15. The number of ether oxygens (including phenoxy) is 1. The summed E-state index contributed by atoms with van der Waals surface area (Å²) < 4.78 is 5.27. The molecule has 0 aromatic heterocycles. The molecule has 4 nitrogen and oxygen atoms in total. The van der Waals surface area contributed by atoms with Gasteiger partial charge in [0.05, 0.1) is 12.7 Å². The SMILES string of the molecule is COc1c(C)cccc1C(=O)NC(=S)Nc1ccc(Cl)cc1. The molecule has 0 fully saturated rings. The van der Waals surface area contributed by atoms with Gasteiger partial charge >= 0.3 is 0 Å². The zero-order valence-corrected chi connectivity index (χ0v) is 13.7. The number of halogens is 1. The van der Waals surface area contributed by atoms with Crippen molar-refractivity contribution in [2.24, 2.45) is 0 Å². The average molecular weight is 335 g/mol. The van der Waals surface area contributed by atoms with Crippen LogP contribution in [0.2, 0.25) is 5.02 Å². The first-order chi connectivity index (χ1) is 10.5. The molecule has 2 aromatic rings. The van der Waals surface area contributed by atoms with Crippen LogP contribution < -0.4 is 15.4 Å². The van der Waals surface area contributed by atoms with Gasteiger partial charge in [-0.3, -0.25) is 10.1 Å². The Hall–Kier alpha value is -2.11. The first-order valence-corrected chi connectivity index (χ1v) is 7.31. The second kappa shape index (κ2) is 7.24. The van der Waals surface area contributed by atoms with E-state index in [2.05, 4.69) is 10.6 Å². The minimum absolute atomic E-state index is 0.205. The number of aryl methyl sites for hydroxylation is 1. The zero-order chi connectivity index (χ0) is 16.1. The Morgan fingerprint density at radius 1 is 1.18 bits per heavy atom. The van der Waals surface area contributed by atoms with Gasteiger partial charge in [0.25, 0.3) is 5.91 Å². The zero-order valence-electron chi connectivity index (χ0n) is 12.1. The number of rotatable bonds is 3. The number of carbonyl (C=O) groups excluding carboxylic acids is 1. The van der Waals surface area contributed by atoms with Crippen LogP contribution in [0, 0.1) is 6.92 Å². The van der Waals surface area contributed by atoms with Crippen LogP contribution in [0.3, 0.4) is 0 Å². The van der Waals surface area contributed by atoms with E-state index in [-0.39, 0.29) is 11.0 Å². The first-order valence-electron chi connectivity index (χ1n) is 6.52. The van der Waals surface area contributed by atoms with Crippen molar-refractivity contribution in [2.45, 2.75) is 6.92 Å². The number of nitrogens with one attached hydrogen (secondary N) is 2. The predicted molar refractivity (Wildman–Crippen MR) is 92.9 cm³/mol. The summed E-state index contributed by atoms with van der Waals surface area (Å²) in [4.78, 5) is 12.3. The quantitative estimate of drug-likeness (QED) is 0.839. The van der Waals surface area contributed by atoms with E-state index in [0.717, 1.165) is 11.3 Å². The highest BCUT2D eigenvalue weighted by molar-refractivity contribution is 7.80. The van der Waals surface area contributed by atoms with Crippen LogP contribution in [0.4, 0.5) is 5.69 Å². The molecule has 0 unspecified atom stereocenters. The van der Waals surface area contributed by atoms with Gasteiger partial charge in [-0.1, -0.05) is 23.7 Å². The molecule has 2 N–H and O–H groups in total. The lowest BCUT2D eigenvalue weighted by Gasteiger charge is -2.13. The molecule has 0 aliphatic carbocycles. The smallest absolute Gasteiger partial charge is 0.261 e. The van der Waals surface area contributed by atoms with Crippen LogP contribution in [0.25, 0.3) is 0 Å². The van der Waals surface area contributed by atoms with Gasteiger partial charge in [-0.15, -0.1) is 0 Å². The first kappa shape index (κ1) is 16.3. The van der Waals surface area contributed by atoms with E-state index >= 15 is 0 Å². The number of benzene rings is 2. The van der Waals surface area contributed by atoms with Gasteiger partial charge in [0.15, 0.2) is 5.11 Å². The molecule has 0 saturated heterocycles. The van der Waals surface area contributed by atoms with Crippen molar-refractivity contribution in [1.29, 1.82) is 0 Å². The number of hydrogen-bond donors (Lipinski definition) is 2. The van der Waals surface area contributed by atoms with Gasteiger partial charge in [0.1, 0.15) is 5.75 Å². The van der Waals surface area contributed by atoms with Gasteiger partial charge in [-0.25, -0.2) is 0 Å². The van der Waals surface area contributed by atoms with Crippen molar-refractivity contribution in [2.75, 3.05) is 12.4 Å². The lowest BCUT2D eigenvalue weighted by molar-refractivity contribution is 0.0974. The fourth-order valence-electron chi connectivity index (χ4n) is 1.97. The van der Waals surface area contributed by atoms with E-state index in [1.165, 1.54) is 7.11 Å². The second-order valence-electron chi connectivity index (χ2n) is 4.57. The summed E-state index contributed by atoms with van der Waals surface area (Å²) in [7, 11) is 1.53. The van der Waals surface area contributed by atoms with E-state index in [4.69, 9.17) is 28.6 Å². The Bertz CT molecular complexity index is 702. The van der Waals surface area contributed by atoms with Crippen LogP contribution in [0.15, 0.2) is 42.5 Å². The van der Waals surface area contributed by atoms with E-state index in [9.17, 15) is 4.79 Å². The maximum absolute atomic E-state index is 12.3. The minimum Gasteiger partial charge on any atom is -0.496 e. The molecular weight excluding hydrogens is 320 g/mol. The van der Waals surface area contributed by atoms with Crippen molar-refractivity contribution in [3.8, 4) is 5.75 Å². The second-order valence-corrected chi connectivity index (χ2v) is 5.42. The van der Waals surface area contributed by atoms with Crippen LogP contribution in [0.5, 0.6) is 5.75 Å². The molecule has 2 rings (SSSR count). The van der Waals surface area contributed by atoms with Crippen molar-refractivity contribution >= 4 is 40.5 Å². The Kier molecular flexibility index (Phi) is 5.35.